The molecular formula is C17H25N3O3S. The second-order valence-electron chi connectivity index (χ2n) is 6.21. The summed E-state index contributed by atoms with van der Waals surface area (Å²) in [4.78, 5) is 13.9. The van der Waals surface area contributed by atoms with Gasteiger partial charge in [0.1, 0.15) is 4.90 Å². The standard InChI is InChI=1S/C17H25N3O3S/c1-4-5-6-9-13(2)18-16(21)12-20(3)17-14-10-7-8-11-15(14)24(22,23)19-17/h7-8,10-11,13H,4-6,9,12H2,1-3H3,(H,18,21). The highest BCUT2D eigenvalue weighted by atomic mass is 32.2. The summed E-state index contributed by atoms with van der Waals surface area (Å²) in [5, 5.41) is 2.95. The van der Waals surface area contributed by atoms with E-state index >= 15 is 0 Å². The van der Waals surface area contributed by atoms with Gasteiger partial charge in [0.2, 0.25) is 5.91 Å². The lowest BCUT2D eigenvalue weighted by atomic mass is 10.1. The summed E-state index contributed by atoms with van der Waals surface area (Å²) in [7, 11) is -1.98. The number of amides is 1. The van der Waals surface area contributed by atoms with Crippen LogP contribution in [-0.2, 0) is 14.8 Å². The van der Waals surface area contributed by atoms with Gasteiger partial charge < -0.3 is 10.2 Å². The molecule has 1 heterocycles. The second kappa shape index (κ2) is 7.79. The van der Waals surface area contributed by atoms with Crippen LogP contribution in [0.2, 0.25) is 0 Å². The van der Waals surface area contributed by atoms with Gasteiger partial charge >= 0.3 is 0 Å². The zero-order valence-electron chi connectivity index (χ0n) is 14.4. The summed E-state index contributed by atoms with van der Waals surface area (Å²) < 4.78 is 27.9. The normalized spacial score (nSPS) is 16.2. The number of likely N-dealkylation sites (N-methyl/N-ethyl adjacent to an activating group) is 1. The molecule has 0 aromatic heterocycles. The zero-order valence-corrected chi connectivity index (χ0v) is 15.3. The molecular weight excluding hydrogens is 326 g/mol. The molecule has 0 aliphatic carbocycles. The number of fused-ring (bicyclic) bond motifs is 1. The molecule has 1 aromatic rings. The quantitative estimate of drug-likeness (QED) is 0.764. The Hall–Kier alpha value is -1.89. The van der Waals surface area contributed by atoms with E-state index in [1.165, 1.54) is 6.07 Å². The number of rotatable bonds is 7. The van der Waals surface area contributed by atoms with E-state index in [9.17, 15) is 13.2 Å². The first kappa shape index (κ1) is 18.4. The molecule has 0 saturated heterocycles. The summed E-state index contributed by atoms with van der Waals surface area (Å²) >= 11 is 0. The number of carbonyl (C=O) groups is 1. The number of unbranched alkanes of at least 4 members (excludes halogenated alkanes) is 2. The highest BCUT2D eigenvalue weighted by molar-refractivity contribution is 7.90. The third-order valence-electron chi connectivity index (χ3n) is 4.00. The molecule has 0 bridgehead atoms. The SMILES string of the molecule is CCCCCC(C)NC(=O)CN(C)C1=NS(=O)(=O)c2ccccc21. The number of benzene rings is 1. The Morgan fingerprint density at radius 2 is 2.00 bits per heavy atom. The molecule has 1 aromatic carbocycles. The minimum atomic E-state index is -3.66. The number of sulfonamides is 1. The van der Waals surface area contributed by atoms with Crippen molar-refractivity contribution in [1.29, 1.82) is 0 Å². The largest absolute Gasteiger partial charge is 0.352 e. The van der Waals surface area contributed by atoms with Crippen LogP contribution in [0.25, 0.3) is 0 Å². The first-order chi connectivity index (χ1) is 11.3. The van der Waals surface area contributed by atoms with Crippen LogP contribution in [0.3, 0.4) is 0 Å². The first-order valence-corrected chi connectivity index (χ1v) is 9.74. The lowest BCUT2D eigenvalue weighted by Gasteiger charge is -2.20. The molecule has 132 valence electrons. The minimum Gasteiger partial charge on any atom is -0.352 e. The Labute approximate surface area is 144 Å². The summed E-state index contributed by atoms with van der Waals surface area (Å²) in [6, 6.07) is 6.78. The summed E-state index contributed by atoms with van der Waals surface area (Å²) in [6.07, 6.45) is 4.34. The molecule has 6 nitrogen and oxygen atoms in total. The van der Waals surface area contributed by atoms with Crippen LogP contribution in [0.5, 0.6) is 0 Å². The lowest BCUT2D eigenvalue weighted by molar-refractivity contribution is -0.121. The number of amidine groups is 1. The zero-order chi connectivity index (χ0) is 17.7. The predicted molar refractivity (Wildman–Crippen MR) is 94.5 cm³/mol. The molecule has 1 amide bonds. The number of hydrogen-bond donors (Lipinski definition) is 1. The number of nitrogens with one attached hydrogen (secondary N) is 1. The van der Waals surface area contributed by atoms with E-state index in [0.29, 0.717) is 11.4 Å². The van der Waals surface area contributed by atoms with E-state index in [1.54, 1.807) is 30.1 Å². The smallest absolute Gasteiger partial charge is 0.285 e. The van der Waals surface area contributed by atoms with Gasteiger partial charge in [0.05, 0.1) is 6.54 Å². The van der Waals surface area contributed by atoms with E-state index < -0.39 is 10.0 Å². The molecule has 24 heavy (non-hydrogen) atoms. The minimum absolute atomic E-state index is 0.0702. The molecule has 1 unspecified atom stereocenters. The van der Waals surface area contributed by atoms with Gasteiger partial charge in [-0.1, -0.05) is 38.3 Å². The summed E-state index contributed by atoms with van der Waals surface area (Å²) in [6.45, 7) is 4.20. The van der Waals surface area contributed by atoms with Gasteiger partial charge in [0.25, 0.3) is 10.0 Å². The molecule has 1 N–H and O–H groups in total. The fourth-order valence-electron chi connectivity index (χ4n) is 2.75. The molecule has 1 aliphatic heterocycles. The maximum atomic E-state index is 12.2. The van der Waals surface area contributed by atoms with Crippen LogP contribution in [0, 0.1) is 0 Å². The van der Waals surface area contributed by atoms with Crippen molar-refractivity contribution in [2.75, 3.05) is 13.6 Å². The van der Waals surface area contributed by atoms with E-state index in [4.69, 9.17) is 0 Å². The van der Waals surface area contributed by atoms with Gasteiger partial charge in [0, 0.05) is 18.7 Å². The van der Waals surface area contributed by atoms with Crippen molar-refractivity contribution in [3.63, 3.8) is 0 Å². The van der Waals surface area contributed by atoms with Crippen molar-refractivity contribution < 1.29 is 13.2 Å². The van der Waals surface area contributed by atoms with Gasteiger partial charge in [-0.3, -0.25) is 4.79 Å². The van der Waals surface area contributed by atoms with Gasteiger partial charge in [-0.2, -0.15) is 8.42 Å². The summed E-state index contributed by atoms with van der Waals surface area (Å²) in [5.41, 5.74) is 0.545. The number of carbonyl (C=O) groups excluding carboxylic acids is 1. The molecule has 1 atom stereocenters. The van der Waals surface area contributed by atoms with Crippen LogP contribution in [0.4, 0.5) is 0 Å². The van der Waals surface area contributed by atoms with Crippen molar-refractivity contribution in [3.8, 4) is 0 Å². The number of nitrogens with zero attached hydrogens (tertiary/aromatic N) is 2. The highest BCUT2D eigenvalue weighted by Crippen LogP contribution is 2.26. The van der Waals surface area contributed by atoms with E-state index in [-0.39, 0.29) is 23.4 Å². The number of hydrogen-bond acceptors (Lipinski definition) is 4. The van der Waals surface area contributed by atoms with Crippen LogP contribution in [-0.4, -0.2) is 44.7 Å². The monoisotopic (exact) mass is 351 g/mol. The van der Waals surface area contributed by atoms with E-state index in [2.05, 4.69) is 16.6 Å². The van der Waals surface area contributed by atoms with E-state index in [1.807, 2.05) is 6.92 Å². The Kier molecular flexibility index (Phi) is 5.99. The van der Waals surface area contributed by atoms with Crippen LogP contribution in [0.15, 0.2) is 33.6 Å². The average Bonchev–Trinajstić information content (AvgIpc) is 2.80. The van der Waals surface area contributed by atoms with Crippen molar-refractivity contribution in [2.45, 2.75) is 50.5 Å². The highest BCUT2D eigenvalue weighted by Gasteiger charge is 2.30. The fourth-order valence-corrected chi connectivity index (χ4v) is 4.00. The molecule has 2 rings (SSSR count). The first-order valence-electron chi connectivity index (χ1n) is 8.30. The molecule has 7 heteroatoms. The molecule has 0 fully saturated rings. The van der Waals surface area contributed by atoms with Gasteiger partial charge in [-0.05, 0) is 25.5 Å². The molecule has 1 aliphatic rings. The maximum Gasteiger partial charge on any atom is 0.285 e. The second-order valence-corrected chi connectivity index (χ2v) is 7.78. The Morgan fingerprint density at radius 1 is 1.29 bits per heavy atom. The fraction of sp³-hybridized carbons (Fsp3) is 0.529. The van der Waals surface area contributed by atoms with Gasteiger partial charge in [-0.15, -0.1) is 4.40 Å². The van der Waals surface area contributed by atoms with Crippen molar-refractivity contribution in [2.24, 2.45) is 4.40 Å². The summed E-state index contributed by atoms with van der Waals surface area (Å²) in [5.74, 6) is 0.186. The molecule has 0 spiro atoms. The maximum absolute atomic E-state index is 12.2. The van der Waals surface area contributed by atoms with Gasteiger partial charge in [-0.25, -0.2) is 0 Å². The topological polar surface area (TPSA) is 78.8 Å². The lowest BCUT2D eigenvalue weighted by Crippen LogP contribution is -2.41. The average molecular weight is 351 g/mol. The van der Waals surface area contributed by atoms with Crippen molar-refractivity contribution in [3.05, 3.63) is 29.8 Å². The van der Waals surface area contributed by atoms with Crippen LogP contribution < -0.4 is 5.32 Å². The van der Waals surface area contributed by atoms with Crippen molar-refractivity contribution >= 4 is 21.8 Å². The van der Waals surface area contributed by atoms with Crippen molar-refractivity contribution in [1.82, 2.24) is 10.2 Å². The Balaban J connectivity index is 1.98. The Bertz CT molecular complexity index is 728. The third kappa shape index (κ3) is 4.35. The van der Waals surface area contributed by atoms with E-state index in [0.717, 1.165) is 25.7 Å². The molecule has 0 saturated carbocycles. The molecule has 0 radical (unpaired) electrons. The van der Waals surface area contributed by atoms with Crippen LogP contribution in [0.1, 0.15) is 45.1 Å². The van der Waals surface area contributed by atoms with Crippen LogP contribution >= 0.6 is 0 Å². The van der Waals surface area contributed by atoms with Gasteiger partial charge in [0.15, 0.2) is 5.84 Å². The Morgan fingerprint density at radius 3 is 2.71 bits per heavy atom. The third-order valence-corrected chi connectivity index (χ3v) is 5.33. The predicted octanol–water partition coefficient (Wildman–Crippen LogP) is 2.15.